The Morgan fingerprint density at radius 2 is 1.55 bits per heavy atom. The number of halogens is 1. The summed E-state index contributed by atoms with van der Waals surface area (Å²) in [6.45, 7) is 2.75. The average Bonchev–Trinajstić information content (AvgIpc) is 2.85. The van der Waals surface area contributed by atoms with Crippen LogP contribution in [-0.2, 0) is 0 Å². The van der Waals surface area contributed by atoms with Crippen LogP contribution in [0.2, 0.25) is 0 Å². The van der Waals surface area contributed by atoms with E-state index in [4.69, 9.17) is 0 Å². The second kappa shape index (κ2) is 8.61. The second-order valence-corrected chi connectivity index (χ2v) is 7.48. The first-order valence-electron chi connectivity index (χ1n) is 10.3. The lowest BCUT2D eigenvalue weighted by Crippen LogP contribution is -2.47. The monoisotopic (exact) mass is 446 g/mol. The molecule has 2 aromatic carbocycles. The van der Waals surface area contributed by atoms with Crippen LogP contribution < -0.4 is 15.1 Å². The number of piperazine rings is 1. The summed E-state index contributed by atoms with van der Waals surface area (Å²) < 4.78 is 13.3. The maximum absolute atomic E-state index is 13.3. The number of nitro benzene ring substituents is 1. The number of nitrogens with one attached hydrogen (secondary N) is 1. The number of benzene rings is 2. The smallest absolute Gasteiger partial charge is 0.269 e. The van der Waals surface area contributed by atoms with Gasteiger partial charge in [-0.3, -0.25) is 10.1 Å². The van der Waals surface area contributed by atoms with Gasteiger partial charge in [-0.15, -0.1) is 0 Å². The molecular formula is C22H19FN8O2. The molecule has 0 atom stereocenters. The topological polar surface area (TPSA) is 113 Å². The molecule has 0 saturated carbocycles. The van der Waals surface area contributed by atoms with Crippen molar-refractivity contribution in [3.05, 3.63) is 76.9 Å². The van der Waals surface area contributed by atoms with Crippen LogP contribution in [0, 0.1) is 15.9 Å². The largest absolute Gasteiger partial charge is 0.368 e. The quantitative estimate of drug-likeness (QED) is 0.363. The van der Waals surface area contributed by atoms with Gasteiger partial charge in [-0.05, 0) is 36.4 Å². The van der Waals surface area contributed by atoms with Gasteiger partial charge in [-0.1, -0.05) is 0 Å². The molecule has 0 amide bonds. The Morgan fingerprint density at radius 3 is 2.24 bits per heavy atom. The zero-order valence-corrected chi connectivity index (χ0v) is 17.4. The van der Waals surface area contributed by atoms with Crippen molar-refractivity contribution >= 4 is 40.0 Å². The third-order valence-electron chi connectivity index (χ3n) is 5.42. The van der Waals surface area contributed by atoms with E-state index in [2.05, 4.69) is 35.1 Å². The van der Waals surface area contributed by atoms with Gasteiger partial charge in [0.1, 0.15) is 5.82 Å². The number of nitro groups is 1. The molecule has 0 bridgehead atoms. The average molecular weight is 446 g/mol. The van der Waals surface area contributed by atoms with Crippen LogP contribution in [0.4, 0.5) is 33.2 Å². The summed E-state index contributed by atoms with van der Waals surface area (Å²) in [5.74, 6) is 0.697. The van der Waals surface area contributed by atoms with E-state index in [1.165, 1.54) is 24.3 Å². The van der Waals surface area contributed by atoms with Gasteiger partial charge in [0.2, 0.25) is 5.95 Å². The van der Waals surface area contributed by atoms with Crippen LogP contribution in [0.5, 0.6) is 0 Å². The molecule has 10 nitrogen and oxygen atoms in total. The number of hydrogen-bond donors (Lipinski definition) is 1. The van der Waals surface area contributed by atoms with E-state index in [0.29, 0.717) is 54.8 Å². The fourth-order valence-corrected chi connectivity index (χ4v) is 3.70. The highest BCUT2D eigenvalue weighted by atomic mass is 19.1. The third kappa shape index (κ3) is 4.33. The summed E-state index contributed by atoms with van der Waals surface area (Å²) in [6, 6.07) is 12.6. The van der Waals surface area contributed by atoms with E-state index < -0.39 is 4.92 Å². The summed E-state index contributed by atoms with van der Waals surface area (Å²) in [4.78, 5) is 32.7. The number of nitrogens with zero attached hydrogens (tertiary/aromatic N) is 7. The molecule has 166 valence electrons. The summed E-state index contributed by atoms with van der Waals surface area (Å²) in [7, 11) is 0. The number of non-ortho nitro benzene ring substituents is 1. The van der Waals surface area contributed by atoms with E-state index in [0.717, 1.165) is 5.69 Å². The van der Waals surface area contributed by atoms with E-state index in [1.807, 2.05) is 0 Å². The highest BCUT2D eigenvalue weighted by Gasteiger charge is 2.22. The minimum absolute atomic E-state index is 0.0734. The Labute approximate surface area is 187 Å². The van der Waals surface area contributed by atoms with Gasteiger partial charge in [0.05, 0.1) is 4.92 Å². The van der Waals surface area contributed by atoms with Crippen LogP contribution in [0.15, 0.2) is 60.9 Å². The van der Waals surface area contributed by atoms with Gasteiger partial charge in [-0.2, -0.15) is 9.97 Å². The molecule has 1 saturated heterocycles. The molecule has 1 aliphatic rings. The zero-order valence-electron chi connectivity index (χ0n) is 17.4. The summed E-state index contributed by atoms with van der Waals surface area (Å²) in [6.07, 6.45) is 3.15. The number of aromatic nitrogens is 4. The predicted octanol–water partition coefficient (Wildman–Crippen LogP) is 3.54. The van der Waals surface area contributed by atoms with Gasteiger partial charge in [-0.25, -0.2) is 14.4 Å². The highest BCUT2D eigenvalue weighted by Crippen LogP contribution is 2.26. The molecule has 1 fully saturated rings. The van der Waals surface area contributed by atoms with Crippen LogP contribution >= 0.6 is 0 Å². The first kappa shape index (κ1) is 20.5. The van der Waals surface area contributed by atoms with Crippen molar-refractivity contribution in [3.8, 4) is 0 Å². The summed E-state index contributed by atoms with van der Waals surface area (Å²) in [5, 5.41) is 14.1. The zero-order chi connectivity index (χ0) is 22.8. The van der Waals surface area contributed by atoms with Crippen molar-refractivity contribution in [2.75, 3.05) is 41.3 Å². The van der Waals surface area contributed by atoms with E-state index in [-0.39, 0.29) is 11.5 Å². The molecule has 2 aromatic heterocycles. The van der Waals surface area contributed by atoms with Gasteiger partial charge < -0.3 is 15.1 Å². The molecule has 1 N–H and O–H groups in total. The second-order valence-electron chi connectivity index (χ2n) is 7.48. The van der Waals surface area contributed by atoms with E-state index in [9.17, 15) is 14.5 Å². The Kier molecular flexibility index (Phi) is 5.35. The van der Waals surface area contributed by atoms with Crippen molar-refractivity contribution in [1.82, 2.24) is 19.9 Å². The molecule has 0 unspecified atom stereocenters. The lowest BCUT2D eigenvalue weighted by Gasteiger charge is -2.36. The lowest BCUT2D eigenvalue weighted by molar-refractivity contribution is -0.384. The third-order valence-corrected chi connectivity index (χ3v) is 5.42. The summed E-state index contributed by atoms with van der Waals surface area (Å²) >= 11 is 0. The molecule has 0 spiro atoms. The Balaban J connectivity index is 1.36. The molecule has 33 heavy (non-hydrogen) atoms. The van der Waals surface area contributed by atoms with Crippen LogP contribution in [0.1, 0.15) is 0 Å². The molecular weight excluding hydrogens is 427 g/mol. The maximum Gasteiger partial charge on any atom is 0.269 e. The number of fused-ring (bicyclic) bond motifs is 1. The van der Waals surface area contributed by atoms with Crippen molar-refractivity contribution in [2.45, 2.75) is 0 Å². The van der Waals surface area contributed by atoms with Crippen molar-refractivity contribution in [1.29, 1.82) is 0 Å². The maximum atomic E-state index is 13.3. The van der Waals surface area contributed by atoms with Gasteiger partial charge >= 0.3 is 0 Å². The van der Waals surface area contributed by atoms with E-state index in [1.54, 1.807) is 36.7 Å². The number of anilines is 4. The fraction of sp³-hybridized carbons (Fsp3) is 0.182. The Morgan fingerprint density at radius 1 is 0.879 bits per heavy atom. The van der Waals surface area contributed by atoms with Gasteiger partial charge in [0.25, 0.3) is 5.69 Å². The summed E-state index contributed by atoms with van der Waals surface area (Å²) in [5.41, 5.74) is 2.67. The van der Waals surface area contributed by atoms with Gasteiger partial charge in [0.15, 0.2) is 17.0 Å². The van der Waals surface area contributed by atoms with Gasteiger partial charge in [0, 0.05) is 62.1 Å². The molecule has 4 aromatic rings. The van der Waals surface area contributed by atoms with Crippen LogP contribution in [0.25, 0.3) is 11.2 Å². The standard InChI is InChI=1S/C22H19FN8O2/c23-15-1-3-16(4-2-15)26-21-19-20(25-10-9-24-19)27-22(28-21)30-13-11-29(12-14-30)17-5-7-18(8-6-17)31(32)33/h1-10H,11-14H2,(H,25,26,27,28). The predicted molar refractivity (Wildman–Crippen MR) is 122 cm³/mol. The first-order valence-corrected chi connectivity index (χ1v) is 10.3. The van der Waals surface area contributed by atoms with E-state index >= 15 is 0 Å². The molecule has 1 aliphatic heterocycles. The normalized spacial score (nSPS) is 13.8. The van der Waals surface area contributed by atoms with Crippen molar-refractivity contribution in [3.63, 3.8) is 0 Å². The molecule has 0 aliphatic carbocycles. The molecule has 11 heteroatoms. The molecule has 3 heterocycles. The molecule has 0 radical (unpaired) electrons. The number of rotatable bonds is 5. The van der Waals surface area contributed by atoms with Crippen molar-refractivity contribution < 1.29 is 9.31 Å². The highest BCUT2D eigenvalue weighted by molar-refractivity contribution is 5.85. The van der Waals surface area contributed by atoms with Crippen LogP contribution in [-0.4, -0.2) is 51.0 Å². The SMILES string of the molecule is O=[N+]([O-])c1ccc(N2CCN(c3nc(Nc4ccc(F)cc4)c4nccnc4n3)CC2)cc1. The first-order chi connectivity index (χ1) is 16.1. The van der Waals surface area contributed by atoms with Crippen LogP contribution in [0.3, 0.4) is 0 Å². The minimum Gasteiger partial charge on any atom is -0.368 e. The minimum atomic E-state index is -0.404. The molecule has 5 rings (SSSR count). The Bertz CT molecular complexity index is 1290. The fourth-order valence-electron chi connectivity index (χ4n) is 3.70. The van der Waals surface area contributed by atoms with Crippen molar-refractivity contribution in [2.24, 2.45) is 0 Å². The lowest BCUT2D eigenvalue weighted by atomic mass is 10.2. The number of hydrogen-bond acceptors (Lipinski definition) is 9. The Hall–Kier alpha value is -4.41.